The van der Waals surface area contributed by atoms with Crippen molar-refractivity contribution < 1.29 is 8.42 Å². The Morgan fingerprint density at radius 3 is 2.31 bits per heavy atom. The van der Waals surface area contributed by atoms with E-state index >= 15 is 0 Å². The maximum absolute atomic E-state index is 12.5. The van der Waals surface area contributed by atoms with Gasteiger partial charge in [-0.25, -0.2) is 13.4 Å². The Hall–Kier alpha value is -1.79. The molecule has 0 aliphatic carbocycles. The van der Waals surface area contributed by atoms with Crippen LogP contribution in [0.5, 0.6) is 0 Å². The maximum Gasteiger partial charge on any atom is 0.263 e. The van der Waals surface area contributed by atoms with E-state index in [1.54, 1.807) is 49.4 Å². The lowest BCUT2D eigenvalue weighted by atomic mass is 10.0. The molecule has 1 aromatic heterocycles. The highest BCUT2D eigenvalue weighted by atomic mass is 35.5. The average Bonchev–Trinajstić information content (AvgIpc) is 2.57. The zero-order valence-corrected chi connectivity index (χ0v) is 16.6. The summed E-state index contributed by atoms with van der Waals surface area (Å²) in [5.74, 6) is 0.198. The van der Waals surface area contributed by atoms with E-state index in [-0.39, 0.29) is 10.7 Å². The average molecular weight is 428 g/mol. The van der Waals surface area contributed by atoms with Crippen LogP contribution in [0.4, 0.5) is 5.82 Å². The zero-order chi connectivity index (χ0) is 18.9. The van der Waals surface area contributed by atoms with Gasteiger partial charge in [-0.3, -0.25) is 4.72 Å². The molecule has 0 bridgehead atoms. The molecule has 0 atom stereocenters. The van der Waals surface area contributed by atoms with Crippen molar-refractivity contribution >= 4 is 50.6 Å². The fourth-order valence-corrected chi connectivity index (χ4v) is 4.13. The monoisotopic (exact) mass is 426 g/mol. The van der Waals surface area contributed by atoms with Crippen LogP contribution in [0, 0.1) is 6.92 Å². The second kappa shape index (κ2) is 7.45. The highest BCUT2D eigenvalue weighted by Gasteiger charge is 2.16. The fourth-order valence-electron chi connectivity index (χ4n) is 2.44. The summed E-state index contributed by atoms with van der Waals surface area (Å²) in [7, 11) is -3.79. The van der Waals surface area contributed by atoms with Crippen molar-refractivity contribution in [1.82, 2.24) is 4.98 Å². The molecule has 0 unspecified atom stereocenters. The normalized spacial score (nSPS) is 11.4. The first-order valence-electron chi connectivity index (χ1n) is 7.48. The van der Waals surface area contributed by atoms with Crippen molar-refractivity contribution in [3.8, 4) is 11.1 Å². The van der Waals surface area contributed by atoms with Crippen LogP contribution < -0.4 is 4.72 Å². The van der Waals surface area contributed by atoms with E-state index in [1.807, 2.05) is 0 Å². The third-order valence-corrected chi connectivity index (χ3v) is 5.80. The highest BCUT2D eigenvalue weighted by Crippen LogP contribution is 2.33. The number of nitrogens with one attached hydrogen (secondary N) is 1. The number of benzene rings is 2. The summed E-state index contributed by atoms with van der Waals surface area (Å²) in [6, 6.07) is 14.5. The molecule has 0 amide bonds. The molecule has 0 saturated heterocycles. The van der Waals surface area contributed by atoms with Crippen LogP contribution >= 0.6 is 34.8 Å². The molecule has 3 rings (SSSR count). The minimum Gasteiger partial charge on any atom is -0.263 e. The van der Waals surface area contributed by atoms with E-state index in [0.29, 0.717) is 20.8 Å². The molecule has 134 valence electrons. The number of aryl methyl sites for hydroxylation is 1. The maximum atomic E-state index is 12.5. The van der Waals surface area contributed by atoms with Gasteiger partial charge in [0.15, 0.2) is 0 Å². The Bertz CT molecular complexity index is 1090. The van der Waals surface area contributed by atoms with Crippen molar-refractivity contribution in [2.24, 2.45) is 0 Å². The number of nitrogens with zero attached hydrogens (tertiary/aromatic N) is 1. The number of halogens is 3. The number of anilines is 1. The number of sulfonamides is 1. The van der Waals surface area contributed by atoms with Gasteiger partial charge < -0.3 is 0 Å². The SMILES string of the molecule is Cc1nc(NS(=O)(=O)c2cccc(Cl)c2)ccc1-c1cc(Cl)ccc1Cl. The molecule has 2 aromatic carbocycles. The first-order valence-corrected chi connectivity index (χ1v) is 10.1. The number of hydrogen-bond acceptors (Lipinski definition) is 3. The van der Waals surface area contributed by atoms with Gasteiger partial charge in [-0.1, -0.05) is 40.9 Å². The van der Waals surface area contributed by atoms with Crippen LogP contribution in [0.1, 0.15) is 5.69 Å². The topological polar surface area (TPSA) is 59.1 Å². The first kappa shape index (κ1) is 19.0. The lowest BCUT2D eigenvalue weighted by molar-refractivity contribution is 0.601. The van der Waals surface area contributed by atoms with Gasteiger partial charge in [0.25, 0.3) is 10.0 Å². The van der Waals surface area contributed by atoms with E-state index in [2.05, 4.69) is 9.71 Å². The van der Waals surface area contributed by atoms with Crippen LogP contribution in [-0.4, -0.2) is 13.4 Å². The van der Waals surface area contributed by atoms with Gasteiger partial charge in [0.05, 0.1) is 4.90 Å². The Balaban J connectivity index is 1.94. The second-order valence-electron chi connectivity index (χ2n) is 5.52. The van der Waals surface area contributed by atoms with Crippen LogP contribution in [0.25, 0.3) is 11.1 Å². The predicted molar refractivity (Wildman–Crippen MR) is 107 cm³/mol. The van der Waals surface area contributed by atoms with Gasteiger partial charge in [-0.2, -0.15) is 0 Å². The smallest absolute Gasteiger partial charge is 0.263 e. The van der Waals surface area contributed by atoms with Gasteiger partial charge in [0, 0.05) is 31.9 Å². The Kier molecular flexibility index (Phi) is 5.44. The molecular weight excluding hydrogens is 415 g/mol. The van der Waals surface area contributed by atoms with Crippen molar-refractivity contribution in [1.29, 1.82) is 0 Å². The molecule has 26 heavy (non-hydrogen) atoms. The summed E-state index contributed by atoms with van der Waals surface area (Å²) in [5, 5.41) is 1.42. The molecule has 1 N–H and O–H groups in total. The lowest BCUT2D eigenvalue weighted by Crippen LogP contribution is -2.14. The van der Waals surface area contributed by atoms with Crippen LogP contribution in [0.15, 0.2) is 59.5 Å². The van der Waals surface area contributed by atoms with Gasteiger partial charge in [0.2, 0.25) is 0 Å². The molecule has 8 heteroatoms. The molecule has 1 heterocycles. The molecule has 0 aliphatic heterocycles. The second-order valence-corrected chi connectivity index (χ2v) is 8.48. The van der Waals surface area contributed by atoms with Crippen molar-refractivity contribution in [2.75, 3.05) is 4.72 Å². The molecule has 0 saturated carbocycles. The van der Waals surface area contributed by atoms with Gasteiger partial charge >= 0.3 is 0 Å². The van der Waals surface area contributed by atoms with E-state index in [4.69, 9.17) is 34.8 Å². The number of aromatic nitrogens is 1. The van der Waals surface area contributed by atoms with Crippen LogP contribution in [-0.2, 0) is 10.0 Å². The largest absolute Gasteiger partial charge is 0.263 e. The van der Waals surface area contributed by atoms with Crippen molar-refractivity contribution in [3.63, 3.8) is 0 Å². The Morgan fingerprint density at radius 1 is 0.885 bits per heavy atom. The molecule has 0 fully saturated rings. The first-order chi connectivity index (χ1) is 12.3. The summed E-state index contributed by atoms with van der Waals surface area (Å²) in [4.78, 5) is 4.39. The van der Waals surface area contributed by atoms with Gasteiger partial charge in [0.1, 0.15) is 5.82 Å². The highest BCUT2D eigenvalue weighted by molar-refractivity contribution is 7.92. The van der Waals surface area contributed by atoms with E-state index in [1.165, 1.54) is 12.1 Å². The summed E-state index contributed by atoms with van der Waals surface area (Å²) < 4.78 is 27.4. The molecule has 0 spiro atoms. The molecule has 0 radical (unpaired) electrons. The number of pyridine rings is 1. The summed E-state index contributed by atoms with van der Waals surface area (Å²) in [5.41, 5.74) is 2.11. The molecular formula is C18H13Cl3N2O2S. The fraction of sp³-hybridized carbons (Fsp3) is 0.0556. The van der Waals surface area contributed by atoms with E-state index in [0.717, 1.165) is 11.1 Å². The van der Waals surface area contributed by atoms with E-state index < -0.39 is 10.0 Å². The molecule has 0 aliphatic rings. The van der Waals surface area contributed by atoms with Gasteiger partial charge in [-0.15, -0.1) is 0 Å². The van der Waals surface area contributed by atoms with Crippen LogP contribution in [0.3, 0.4) is 0 Å². The summed E-state index contributed by atoms with van der Waals surface area (Å²) in [6.07, 6.45) is 0. The number of hydrogen-bond donors (Lipinski definition) is 1. The lowest BCUT2D eigenvalue weighted by Gasteiger charge is -2.12. The Morgan fingerprint density at radius 2 is 1.62 bits per heavy atom. The standard InChI is InChI=1S/C18H13Cl3N2O2S/c1-11-15(16-10-13(20)5-7-17(16)21)6-8-18(22-11)23-26(24,25)14-4-2-3-12(19)9-14/h2-10H,1H3,(H,22,23). The van der Waals surface area contributed by atoms with Gasteiger partial charge in [-0.05, 0) is 55.5 Å². The Labute approximate surface area is 166 Å². The van der Waals surface area contributed by atoms with Crippen LogP contribution in [0.2, 0.25) is 15.1 Å². The molecule has 4 nitrogen and oxygen atoms in total. The minimum absolute atomic E-state index is 0.0615. The van der Waals surface area contributed by atoms with Crippen molar-refractivity contribution in [2.45, 2.75) is 11.8 Å². The predicted octanol–water partition coefficient (Wildman–Crippen LogP) is 5.82. The third kappa shape index (κ3) is 4.13. The van der Waals surface area contributed by atoms with Crippen molar-refractivity contribution in [3.05, 3.63) is 75.4 Å². The zero-order valence-electron chi connectivity index (χ0n) is 13.5. The summed E-state index contributed by atoms with van der Waals surface area (Å²) >= 11 is 18.1. The quantitative estimate of drug-likeness (QED) is 0.571. The number of rotatable bonds is 4. The molecule has 3 aromatic rings. The minimum atomic E-state index is -3.79. The van der Waals surface area contributed by atoms with E-state index in [9.17, 15) is 8.42 Å². The third-order valence-electron chi connectivity index (χ3n) is 3.65. The summed E-state index contributed by atoms with van der Waals surface area (Å²) in [6.45, 7) is 1.77.